The van der Waals surface area contributed by atoms with E-state index < -0.39 is 4.92 Å². The first kappa shape index (κ1) is 15.7. The zero-order valence-corrected chi connectivity index (χ0v) is 13.3. The van der Waals surface area contributed by atoms with Crippen LogP contribution in [0.25, 0.3) is 11.0 Å². The highest BCUT2D eigenvalue weighted by atomic mass is 16.6. The van der Waals surface area contributed by atoms with Crippen LogP contribution in [0, 0.1) is 17.0 Å². The number of imidazole rings is 1. The van der Waals surface area contributed by atoms with Gasteiger partial charge in [0.25, 0.3) is 5.69 Å². The van der Waals surface area contributed by atoms with E-state index in [-0.39, 0.29) is 11.5 Å². The van der Waals surface area contributed by atoms with Gasteiger partial charge in [0, 0.05) is 11.6 Å². The van der Waals surface area contributed by atoms with E-state index in [1.54, 1.807) is 12.1 Å². The number of carbonyl (C=O) groups is 1. The van der Waals surface area contributed by atoms with E-state index in [0.717, 1.165) is 16.6 Å². The molecule has 2 aromatic carbocycles. The van der Waals surface area contributed by atoms with Gasteiger partial charge in [0.2, 0.25) is 0 Å². The first-order valence-electron chi connectivity index (χ1n) is 7.43. The number of nitro groups is 1. The van der Waals surface area contributed by atoms with Crippen LogP contribution in [0.4, 0.5) is 11.4 Å². The second-order valence-electron chi connectivity index (χ2n) is 5.55. The van der Waals surface area contributed by atoms with E-state index in [2.05, 4.69) is 15.3 Å². The number of benzene rings is 2. The SMILES string of the molecule is CC(=O)c1ccc(NCc2nc3c(C)cccc3[nH]2)c([N+](=O)[O-])c1. The minimum absolute atomic E-state index is 0.130. The van der Waals surface area contributed by atoms with Gasteiger partial charge in [0.05, 0.1) is 22.5 Å². The number of hydrogen-bond acceptors (Lipinski definition) is 5. The Balaban J connectivity index is 1.86. The van der Waals surface area contributed by atoms with Crippen LogP contribution in [0.15, 0.2) is 36.4 Å². The highest BCUT2D eigenvalue weighted by molar-refractivity contribution is 5.95. The van der Waals surface area contributed by atoms with Gasteiger partial charge in [-0.1, -0.05) is 12.1 Å². The number of para-hydroxylation sites is 1. The van der Waals surface area contributed by atoms with Gasteiger partial charge in [0.1, 0.15) is 11.5 Å². The number of fused-ring (bicyclic) bond motifs is 1. The lowest BCUT2D eigenvalue weighted by Gasteiger charge is -2.06. The Morgan fingerprint density at radius 1 is 1.33 bits per heavy atom. The molecular formula is C17H16N4O3. The summed E-state index contributed by atoms with van der Waals surface area (Å²) in [4.78, 5) is 29.8. The molecule has 1 aromatic heterocycles. The molecule has 2 N–H and O–H groups in total. The zero-order chi connectivity index (χ0) is 17.3. The third-order valence-corrected chi connectivity index (χ3v) is 3.81. The van der Waals surface area contributed by atoms with Gasteiger partial charge < -0.3 is 10.3 Å². The fraction of sp³-hybridized carbons (Fsp3) is 0.176. The van der Waals surface area contributed by atoms with Crippen LogP contribution in [0.1, 0.15) is 28.7 Å². The van der Waals surface area contributed by atoms with Crippen molar-refractivity contribution < 1.29 is 9.72 Å². The maximum absolute atomic E-state index is 11.4. The summed E-state index contributed by atoms with van der Waals surface area (Å²) in [5, 5.41) is 14.2. The van der Waals surface area contributed by atoms with E-state index in [1.807, 2.05) is 25.1 Å². The Bertz CT molecular complexity index is 946. The molecule has 24 heavy (non-hydrogen) atoms. The number of nitrogens with one attached hydrogen (secondary N) is 2. The largest absolute Gasteiger partial charge is 0.372 e. The quantitative estimate of drug-likeness (QED) is 0.424. The van der Waals surface area contributed by atoms with E-state index in [0.29, 0.717) is 23.6 Å². The Kier molecular flexibility index (Phi) is 3.99. The topological polar surface area (TPSA) is 101 Å². The number of rotatable bonds is 5. The van der Waals surface area contributed by atoms with Gasteiger partial charge in [-0.2, -0.15) is 0 Å². The molecule has 0 spiro atoms. The fourth-order valence-corrected chi connectivity index (χ4v) is 2.54. The molecule has 0 saturated heterocycles. The number of Topliss-reactive ketones (excluding diaryl/α,β-unsaturated/α-hetero) is 1. The van der Waals surface area contributed by atoms with E-state index in [1.165, 1.54) is 13.0 Å². The van der Waals surface area contributed by atoms with Gasteiger partial charge in [-0.15, -0.1) is 0 Å². The van der Waals surface area contributed by atoms with Gasteiger partial charge >= 0.3 is 0 Å². The third kappa shape index (κ3) is 2.96. The van der Waals surface area contributed by atoms with E-state index in [9.17, 15) is 14.9 Å². The first-order chi connectivity index (χ1) is 11.5. The minimum Gasteiger partial charge on any atom is -0.372 e. The van der Waals surface area contributed by atoms with Crippen LogP contribution in [-0.2, 0) is 6.54 Å². The number of carbonyl (C=O) groups excluding carboxylic acids is 1. The number of aromatic amines is 1. The third-order valence-electron chi connectivity index (χ3n) is 3.81. The Hall–Kier alpha value is -3.22. The standard InChI is InChI=1S/C17H16N4O3/c1-10-4-3-5-14-17(10)20-16(19-14)9-18-13-7-6-12(11(2)22)8-15(13)21(23)24/h3-8,18H,9H2,1-2H3,(H,19,20). The molecule has 0 atom stereocenters. The molecule has 122 valence electrons. The monoisotopic (exact) mass is 324 g/mol. The lowest BCUT2D eigenvalue weighted by Crippen LogP contribution is -2.05. The van der Waals surface area contributed by atoms with Crippen LogP contribution in [0.3, 0.4) is 0 Å². The highest BCUT2D eigenvalue weighted by Crippen LogP contribution is 2.26. The van der Waals surface area contributed by atoms with Crippen molar-refractivity contribution in [3.05, 3.63) is 63.5 Å². The van der Waals surface area contributed by atoms with E-state index in [4.69, 9.17) is 0 Å². The molecule has 3 rings (SSSR count). The van der Waals surface area contributed by atoms with Crippen LogP contribution in [-0.4, -0.2) is 20.7 Å². The summed E-state index contributed by atoms with van der Waals surface area (Å²) in [5.41, 5.74) is 3.40. The fourth-order valence-electron chi connectivity index (χ4n) is 2.54. The lowest BCUT2D eigenvalue weighted by molar-refractivity contribution is -0.384. The predicted molar refractivity (Wildman–Crippen MR) is 91.3 cm³/mol. The van der Waals surface area contributed by atoms with Crippen LogP contribution in [0.5, 0.6) is 0 Å². The average molecular weight is 324 g/mol. The molecule has 1 heterocycles. The van der Waals surface area contributed by atoms with Crippen molar-refractivity contribution in [3.8, 4) is 0 Å². The first-order valence-corrected chi connectivity index (χ1v) is 7.43. The molecule has 0 aliphatic heterocycles. The molecule has 0 aliphatic carbocycles. The summed E-state index contributed by atoms with van der Waals surface area (Å²) < 4.78 is 0. The Morgan fingerprint density at radius 3 is 2.79 bits per heavy atom. The maximum Gasteiger partial charge on any atom is 0.293 e. The zero-order valence-electron chi connectivity index (χ0n) is 13.3. The highest BCUT2D eigenvalue weighted by Gasteiger charge is 2.16. The summed E-state index contributed by atoms with van der Waals surface area (Å²) in [6.45, 7) is 3.67. The number of anilines is 1. The number of aryl methyl sites for hydroxylation is 1. The van der Waals surface area contributed by atoms with Gasteiger partial charge in [-0.05, 0) is 37.6 Å². The van der Waals surface area contributed by atoms with Crippen molar-refractivity contribution in [2.45, 2.75) is 20.4 Å². The summed E-state index contributed by atoms with van der Waals surface area (Å²) in [7, 11) is 0. The summed E-state index contributed by atoms with van der Waals surface area (Å²) >= 11 is 0. The van der Waals surface area contributed by atoms with Crippen LogP contribution >= 0.6 is 0 Å². The Morgan fingerprint density at radius 2 is 2.12 bits per heavy atom. The summed E-state index contributed by atoms with van der Waals surface area (Å²) in [6.07, 6.45) is 0. The van der Waals surface area contributed by atoms with Gasteiger partial charge in [-0.25, -0.2) is 4.98 Å². The number of nitrogens with zero attached hydrogens (tertiary/aromatic N) is 2. The molecule has 0 saturated carbocycles. The predicted octanol–water partition coefficient (Wildman–Crippen LogP) is 3.59. The number of hydrogen-bond donors (Lipinski definition) is 2. The van der Waals surface area contributed by atoms with Gasteiger partial charge in [-0.3, -0.25) is 14.9 Å². The van der Waals surface area contributed by atoms with Crippen molar-refractivity contribution in [1.29, 1.82) is 0 Å². The smallest absolute Gasteiger partial charge is 0.293 e. The molecule has 0 fully saturated rings. The molecule has 0 radical (unpaired) electrons. The maximum atomic E-state index is 11.4. The molecule has 7 nitrogen and oxygen atoms in total. The van der Waals surface area contributed by atoms with Crippen molar-refractivity contribution >= 4 is 28.2 Å². The molecular weight excluding hydrogens is 308 g/mol. The number of H-pyrrole nitrogens is 1. The van der Waals surface area contributed by atoms with Crippen molar-refractivity contribution in [2.24, 2.45) is 0 Å². The second kappa shape index (κ2) is 6.11. The normalized spacial score (nSPS) is 10.8. The molecule has 7 heteroatoms. The number of aromatic nitrogens is 2. The van der Waals surface area contributed by atoms with Crippen LogP contribution in [0.2, 0.25) is 0 Å². The number of ketones is 1. The van der Waals surface area contributed by atoms with Crippen molar-refractivity contribution in [3.63, 3.8) is 0 Å². The van der Waals surface area contributed by atoms with Gasteiger partial charge in [0.15, 0.2) is 5.78 Å². The molecule has 0 unspecified atom stereocenters. The summed E-state index contributed by atoms with van der Waals surface area (Å²) in [5.74, 6) is 0.474. The second-order valence-corrected chi connectivity index (χ2v) is 5.55. The molecule has 0 bridgehead atoms. The van der Waals surface area contributed by atoms with Crippen molar-refractivity contribution in [1.82, 2.24) is 9.97 Å². The van der Waals surface area contributed by atoms with Crippen LogP contribution < -0.4 is 5.32 Å². The molecule has 0 aliphatic rings. The summed E-state index contributed by atoms with van der Waals surface area (Å²) in [6, 6.07) is 10.3. The van der Waals surface area contributed by atoms with Crippen molar-refractivity contribution in [2.75, 3.05) is 5.32 Å². The van der Waals surface area contributed by atoms with E-state index >= 15 is 0 Å². The molecule has 3 aromatic rings. The molecule has 0 amide bonds. The Labute approximate surface area is 137 Å². The number of nitro benzene ring substituents is 1. The lowest BCUT2D eigenvalue weighted by atomic mass is 10.1. The minimum atomic E-state index is -0.502. The average Bonchev–Trinajstić information content (AvgIpc) is 2.97.